The summed E-state index contributed by atoms with van der Waals surface area (Å²) in [6.45, 7) is 3.68. The molecular formula is C20H21ClN4O2. The maximum Gasteiger partial charge on any atom is 0.237 e. The number of alkyl halides is 1. The maximum absolute atomic E-state index is 12.6. The monoisotopic (exact) mass is 384 g/mol. The number of aryl methyl sites for hydroxylation is 1. The summed E-state index contributed by atoms with van der Waals surface area (Å²) in [6, 6.07) is 9.91. The molecule has 0 N–H and O–H groups in total. The highest BCUT2D eigenvalue weighted by atomic mass is 35.5. The molecule has 7 heteroatoms. The Labute approximate surface area is 163 Å². The number of benzene rings is 1. The Morgan fingerprint density at radius 1 is 1.26 bits per heavy atom. The Morgan fingerprint density at radius 3 is 2.78 bits per heavy atom. The van der Waals surface area contributed by atoms with Crippen LogP contribution in [0.3, 0.4) is 0 Å². The van der Waals surface area contributed by atoms with E-state index in [2.05, 4.69) is 4.98 Å². The minimum atomic E-state index is -0.0575. The third-order valence-corrected chi connectivity index (χ3v) is 5.53. The number of fused-ring (bicyclic) bond motifs is 1. The first-order chi connectivity index (χ1) is 13.1. The van der Waals surface area contributed by atoms with Crippen molar-refractivity contribution in [3.8, 4) is 0 Å². The Morgan fingerprint density at radius 2 is 2.04 bits per heavy atom. The van der Waals surface area contributed by atoms with Crippen LogP contribution in [0.1, 0.15) is 35.0 Å². The van der Waals surface area contributed by atoms with Gasteiger partial charge in [-0.3, -0.25) is 14.5 Å². The highest BCUT2D eigenvalue weighted by molar-refractivity contribution is 6.27. The number of carbonyl (C=O) groups is 2. The fourth-order valence-electron chi connectivity index (χ4n) is 3.79. The van der Waals surface area contributed by atoms with Gasteiger partial charge in [-0.25, -0.2) is 9.97 Å². The number of amides is 2. The predicted octanol–water partition coefficient (Wildman–Crippen LogP) is 2.43. The average molecular weight is 385 g/mol. The number of hydrogen-bond acceptors (Lipinski definition) is 4. The van der Waals surface area contributed by atoms with Gasteiger partial charge in [0, 0.05) is 30.3 Å². The van der Waals surface area contributed by atoms with Crippen LogP contribution in [0.5, 0.6) is 0 Å². The van der Waals surface area contributed by atoms with Gasteiger partial charge in [-0.15, -0.1) is 11.6 Å². The van der Waals surface area contributed by atoms with Crippen molar-refractivity contribution in [2.24, 2.45) is 0 Å². The minimum Gasteiger partial charge on any atom is -0.341 e. The fourth-order valence-corrected chi connectivity index (χ4v) is 3.96. The van der Waals surface area contributed by atoms with Crippen LogP contribution in [0.25, 0.3) is 0 Å². The highest BCUT2D eigenvalue weighted by Gasteiger charge is 2.34. The highest BCUT2D eigenvalue weighted by Crippen LogP contribution is 2.33. The van der Waals surface area contributed by atoms with Crippen molar-refractivity contribution in [2.45, 2.75) is 32.2 Å². The topological polar surface area (TPSA) is 66.4 Å². The van der Waals surface area contributed by atoms with Crippen molar-refractivity contribution in [3.63, 3.8) is 0 Å². The first kappa shape index (κ1) is 17.9. The summed E-state index contributed by atoms with van der Waals surface area (Å²) in [4.78, 5) is 37.4. The third kappa shape index (κ3) is 3.41. The number of halogens is 1. The molecule has 2 aliphatic rings. The lowest BCUT2D eigenvalue weighted by Crippen LogP contribution is -2.29. The summed E-state index contributed by atoms with van der Waals surface area (Å²) in [7, 11) is 0. The van der Waals surface area contributed by atoms with E-state index in [4.69, 9.17) is 16.6 Å². The summed E-state index contributed by atoms with van der Waals surface area (Å²) in [5.41, 5.74) is 2.82. The molecule has 2 amide bonds. The van der Waals surface area contributed by atoms with Crippen LogP contribution < -0.4 is 4.90 Å². The zero-order chi connectivity index (χ0) is 19.0. The lowest BCUT2D eigenvalue weighted by Gasteiger charge is -2.19. The number of hydrogen-bond donors (Lipinski definition) is 0. The van der Waals surface area contributed by atoms with Gasteiger partial charge < -0.3 is 4.90 Å². The van der Waals surface area contributed by atoms with Crippen LogP contribution in [-0.2, 0) is 22.6 Å². The number of nitrogens with zero attached hydrogens (tertiary/aromatic N) is 4. The number of aromatic nitrogens is 2. The van der Waals surface area contributed by atoms with E-state index in [1.807, 2.05) is 37.3 Å². The van der Waals surface area contributed by atoms with Gasteiger partial charge in [0.2, 0.25) is 11.8 Å². The largest absolute Gasteiger partial charge is 0.341 e. The van der Waals surface area contributed by atoms with Gasteiger partial charge >= 0.3 is 0 Å². The van der Waals surface area contributed by atoms with Crippen molar-refractivity contribution in [1.29, 1.82) is 0 Å². The molecule has 27 heavy (non-hydrogen) atoms. The van der Waals surface area contributed by atoms with Crippen molar-refractivity contribution >= 4 is 29.2 Å². The van der Waals surface area contributed by atoms with Gasteiger partial charge in [0.25, 0.3) is 0 Å². The Hall–Kier alpha value is -2.47. The smallest absolute Gasteiger partial charge is 0.237 e. The normalized spacial score (nSPS) is 18.9. The molecule has 1 aromatic carbocycles. The Kier molecular flexibility index (Phi) is 4.83. The van der Waals surface area contributed by atoms with Crippen molar-refractivity contribution in [3.05, 3.63) is 53.0 Å². The van der Waals surface area contributed by atoms with Crippen LogP contribution in [0, 0.1) is 6.92 Å². The number of likely N-dealkylation sites (tertiary alicyclic amines) is 1. The first-order valence-electron chi connectivity index (χ1n) is 9.12. The molecule has 140 valence electrons. The van der Waals surface area contributed by atoms with E-state index in [9.17, 15) is 9.59 Å². The van der Waals surface area contributed by atoms with E-state index < -0.39 is 0 Å². The van der Waals surface area contributed by atoms with Crippen LogP contribution in [0.2, 0.25) is 0 Å². The summed E-state index contributed by atoms with van der Waals surface area (Å²) in [5, 5.41) is 0. The lowest BCUT2D eigenvalue weighted by molar-refractivity contribution is -0.127. The molecule has 0 aliphatic carbocycles. The van der Waals surface area contributed by atoms with E-state index in [1.165, 1.54) is 0 Å². The molecule has 1 fully saturated rings. The molecule has 1 aromatic heterocycles. The molecule has 3 heterocycles. The predicted molar refractivity (Wildman–Crippen MR) is 103 cm³/mol. The quantitative estimate of drug-likeness (QED) is 0.759. The van der Waals surface area contributed by atoms with Crippen molar-refractivity contribution in [1.82, 2.24) is 14.9 Å². The van der Waals surface area contributed by atoms with E-state index >= 15 is 0 Å². The molecule has 2 aliphatic heterocycles. The maximum atomic E-state index is 12.6. The van der Waals surface area contributed by atoms with E-state index in [0.29, 0.717) is 37.7 Å². The molecule has 6 nitrogen and oxygen atoms in total. The summed E-state index contributed by atoms with van der Waals surface area (Å²) >= 11 is 5.67. The molecule has 0 radical (unpaired) electrons. The summed E-state index contributed by atoms with van der Waals surface area (Å²) < 4.78 is 0. The van der Waals surface area contributed by atoms with Crippen molar-refractivity contribution < 1.29 is 9.59 Å². The van der Waals surface area contributed by atoms with Crippen LogP contribution in [0.4, 0.5) is 5.82 Å². The second-order valence-corrected chi connectivity index (χ2v) is 7.34. The molecule has 1 atom stereocenters. The van der Waals surface area contributed by atoms with Crippen molar-refractivity contribution in [2.75, 3.05) is 23.9 Å². The number of anilines is 1. The van der Waals surface area contributed by atoms with Gasteiger partial charge in [0.05, 0.1) is 13.0 Å². The fraction of sp³-hybridized carbons (Fsp3) is 0.400. The van der Waals surface area contributed by atoms with E-state index in [0.717, 1.165) is 23.2 Å². The zero-order valence-electron chi connectivity index (χ0n) is 15.2. The molecule has 2 aromatic rings. The number of carbonyl (C=O) groups excluding carboxylic acids is 2. The number of rotatable bonds is 4. The van der Waals surface area contributed by atoms with Gasteiger partial charge in [-0.05, 0) is 18.9 Å². The zero-order valence-corrected chi connectivity index (χ0v) is 15.9. The molecule has 0 spiro atoms. The molecule has 1 unspecified atom stereocenters. The molecule has 1 saturated heterocycles. The average Bonchev–Trinajstić information content (AvgIpc) is 3.28. The van der Waals surface area contributed by atoms with Gasteiger partial charge in [0.1, 0.15) is 17.5 Å². The van der Waals surface area contributed by atoms with E-state index in [1.54, 1.807) is 9.80 Å². The van der Waals surface area contributed by atoms with Crippen LogP contribution in [-0.4, -0.2) is 45.7 Å². The second kappa shape index (κ2) is 7.27. The SMILES string of the molecule is Cc1nc(C2CCN(C(=O)CCl)C2)nc2c1CC(=O)N2Cc1ccccc1. The second-order valence-electron chi connectivity index (χ2n) is 7.07. The molecule has 0 saturated carbocycles. The lowest BCUT2D eigenvalue weighted by atomic mass is 10.1. The van der Waals surface area contributed by atoms with Gasteiger partial charge in [-0.2, -0.15) is 0 Å². The van der Waals surface area contributed by atoms with Crippen LogP contribution >= 0.6 is 11.6 Å². The van der Waals surface area contributed by atoms with E-state index in [-0.39, 0.29) is 23.6 Å². The summed E-state index contributed by atoms with van der Waals surface area (Å²) in [5.74, 6) is 1.50. The Bertz CT molecular complexity index is 887. The minimum absolute atomic E-state index is 0.00382. The molecule has 0 bridgehead atoms. The third-order valence-electron chi connectivity index (χ3n) is 5.30. The van der Waals surface area contributed by atoms with Crippen LogP contribution in [0.15, 0.2) is 30.3 Å². The molecular weight excluding hydrogens is 364 g/mol. The van der Waals surface area contributed by atoms with Gasteiger partial charge in [-0.1, -0.05) is 30.3 Å². The standard InChI is InChI=1S/C20H21ClN4O2/c1-13-16-9-17(26)25(11-14-5-3-2-4-6-14)20(16)23-19(22-13)15-7-8-24(12-15)18(27)10-21/h2-6,15H,7-12H2,1H3. The Balaban J connectivity index is 1.62. The summed E-state index contributed by atoms with van der Waals surface area (Å²) in [6.07, 6.45) is 1.16. The van der Waals surface area contributed by atoms with Gasteiger partial charge in [0.15, 0.2) is 0 Å². The first-order valence-corrected chi connectivity index (χ1v) is 9.65. The molecule has 4 rings (SSSR count).